The molecule has 0 aromatic rings. The lowest BCUT2D eigenvalue weighted by Gasteiger charge is -1.83. The van der Waals surface area contributed by atoms with Gasteiger partial charge in [0.1, 0.15) is 12.8 Å². The van der Waals surface area contributed by atoms with Crippen LogP contribution in [0.3, 0.4) is 0 Å². The fraction of sp³-hybridized carbons (Fsp3) is 0.600. The molecule has 44 valence electrons. The smallest absolute Gasteiger partial charge is 0.126 e. The summed E-state index contributed by atoms with van der Waals surface area (Å²) in [6.45, 7) is 6.32. The molecule has 0 amide bonds. The van der Waals surface area contributed by atoms with E-state index < -0.39 is 12.8 Å². The summed E-state index contributed by atoms with van der Waals surface area (Å²) in [5.74, 6) is 0. The maximum absolute atomic E-state index is 11.1. The minimum atomic E-state index is -1.28. The number of hydrogen-bond donors (Lipinski definition) is 0. The van der Waals surface area contributed by atoms with Crippen molar-refractivity contribution in [1.82, 2.24) is 0 Å². The Balaban J connectivity index is 0. The van der Waals surface area contributed by atoms with E-state index in [1.165, 1.54) is 6.92 Å². The molecule has 0 aliphatic carbocycles. The lowest BCUT2D eigenvalue weighted by atomic mass is 10.5. The number of rotatable bonds is 1. The van der Waals surface area contributed by atoms with E-state index in [2.05, 4.69) is 13.2 Å². The van der Waals surface area contributed by atoms with Gasteiger partial charge in [0.2, 0.25) is 0 Å². The van der Waals surface area contributed by atoms with Crippen LogP contribution in [-0.2, 0) is 0 Å². The van der Waals surface area contributed by atoms with Crippen LogP contribution >= 0.6 is 0 Å². The van der Waals surface area contributed by atoms with E-state index in [1.54, 1.807) is 0 Å². The second-order valence-corrected chi connectivity index (χ2v) is 0.935. The van der Waals surface area contributed by atoms with Crippen LogP contribution in [0.1, 0.15) is 6.92 Å². The third-order valence-electron chi connectivity index (χ3n) is 0.213. The van der Waals surface area contributed by atoms with Crippen LogP contribution in [-0.4, -0.2) is 12.8 Å². The molecular formula is C5H10F2. The van der Waals surface area contributed by atoms with Gasteiger partial charge in [0, 0.05) is 0 Å². The summed E-state index contributed by atoms with van der Waals surface area (Å²) in [6, 6.07) is 0. The molecule has 0 fully saturated rings. The molecule has 0 heterocycles. The molecule has 0 aromatic heterocycles. The molecule has 0 rings (SSSR count). The molecule has 0 N–H and O–H groups in total. The second kappa shape index (κ2) is 9.14. The fourth-order valence-corrected chi connectivity index (χ4v) is 0. The molecule has 1 unspecified atom stereocenters. The monoisotopic (exact) mass is 108 g/mol. The Morgan fingerprint density at radius 1 is 1.57 bits per heavy atom. The second-order valence-electron chi connectivity index (χ2n) is 0.935. The van der Waals surface area contributed by atoms with Crippen molar-refractivity contribution in [2.45, 2.75) is 13.1 Å². The van der Waals surface area contributed by atoms with E-state index in [0.29, 0.717) is 0 Å². The van der Waals surface area contributed by atoms with Gasteiger partial charge in [-0.2, -0.15) is 0 Å². The first-order chi connectivity index (χ1) is 3.27. The van der Waals surface area contributed by atoms with Gasteiger partial charge in [0.25, 0.3) is 0 Å². The molecule has 0 aliphatic rings. The Hall–Kier alpha value is -0.400. The van der Waals surface area contributed by atoms with Crippen LogP contribution in [0.2, 0.25) is 0 Å². The predicted molar refractivity (Wildman–Crippen MR) is 27.8 cm³/mol. The van der Waals surface area contributed by atoms with E-state index in [0.717, 1.165) is 0 Å². The third-order valence-corrected chi connectivity index (χ3v) is 0.213. The van der Waals surface area contributed by atoms with E-state index in [-0.39, 0.29) is 0 Å². The summed E-state index contributed by atoms with van der Waals surface area (Å²) in [5.41, 5.74) is 0. The molecule has 0 radical (unpaired) electrons. The Kier molecular flexibility index (Phi) is 12.8. The maximum atomic E-state index is 11.1. The summed E-state index contributed by atoms with van der Waals surface area (Å²) >= 11 is 0. The van der Waals surface area contributed by atoms with Gasteiger partial charge in [-0.05, 0) is 6.92 Å². The van der Waals surface area contributed by atoms with Crippen molar-refractivity contribution in [3.63, 3.8) is 0 Å². The average Bonchev–Trinajstić information content (AvgIpc) is 1.73. The Bertz CT molecular complexity index is 27.3. The molecule has 0 saturated heterocycles. The van der Waals surface area contributed by atoms with Crippen LogP contribution in [0.25, 0.3) is 0 Å². The van der Waals surface area contributed by atoms with Crippen LogP contribution in [0.15, 0.2) is 13.2 Å². The van der Waals surface area contributed by atoms with Crippen molar-refractivity contribution >= 4 is 0 Å². The summed E-state index contributed by atoms with van der Waals surface area (Å²) in [7, 11) is 0. The normalized spacial score (nSPS) is 11.3. The predicted octanol–water partition coefficient (Wildman–Crippen LogP) is 2.12. The zero-order valence-corrected chi connectivity index (χ0v) is 4.45. The van der Waals surface area contributed by atoms with E-state index in [4.69, 9.17) is 0 Å². The molecular weight excluding hydrogens is 98.1 g/mol. The van der Waals surface area contributed by atoms with Crippen molar-refractivity contribution in [3.8, 4) is 0 Å². The van der Waals surface area contributed by atoms with Crippen LogP contribution in [0, 0.1) is 0 Å². The van der Waals surface area contributed by atoms with Crippen molar-refractivity contribution in [2.24, 2.45) is 0 Å². The maximum Gasteiger partial charge on any atom is 0.126 e. The molecule has 0 bridgehead atoms. The van der Waals surface area contributed by atoms with Gasteiger partial charge in [0.05, 0.1) is 0 Å². The van der Waals surface area contributed by atoms with E-state index >= 15 is 0 Å². The molecule has 0 nitrogen and oxygen atoms in total. The van der Waals surface area contributed by atoms with Gasteiger partial charge < -0.3 is 0 Å². The summed E-state index contributed by atoms with van der Waals surface area (Å²) in [5, 5.41) is 0. The minimum Gasteiger partial charge on any atom is -0.248 e. The van der Waals surface area contributed by atoms with E-state index in [9.17, 15) is 8.78 Å². The first-order valence-electron chi connectivity index (χ1n) is 1.97. The van der Waals surface area contributed by atoms with Gasteiger partial charge in [-0.1, -0.05) is 0 Å². The number of halogens is 2. The zero-order valence-electron chi connectivity index (χ0n) is 4.45. The molecule has 0 aromatic carbocycles. The molecule has 0 spiro atoms. The van der Waals surface area contributed by atoms with Gasteiger partial charge in [-0.25, -0.2) is 8.78 Å². The van der Waals surface area contributed by atoms with Crippen molar-refractivity contribution in [1.29, 1.82) is 0 Å². The Morgan fingerprint density at radius 2 is 1.71 bits per heavy atom. The minimum absolute atomic E-state index is 0.861. The molecule has 7 heavy (non-hydrogen) atoms. The summed E-state index contributed by atoms with van der Waals surface area (Å²) in [4.78, 5) is 0. The van der Waals surface area contributed by atoms with Gasteiger partial charge in [0.15, 0.2) is 0 Å². The van der Waals surface area contributed by atoms with E-state index in [1.807, 2.05) is 0 Å². The molecule has 0 aliphatic heterocycles. The van der Waals surface area contributed by atoms with Crippen molar-refractivity contribution in [3.05, 3.63) is 13.2 Å². The first-order valence-corrected chi connectivity index (χ1v) is 1.97. The van der Waals surface area contributed by atoms with Gasteiger partial charge >= 0.3 is 0 Å². The standard InChI is InChI=1S/C3H6F2.C2H4/c1-3(5)2-4;1-2/h3H,2H2,1H3;1-2H2. The Morgan fingerprint density at radius 3 is 1.71 bits per heavy atom. The third kappa shape index (κ3) is 28.3. The molecule has 0 saturated carbocycles. The highest BCUT2D eigenvalue weighted by molar-refractivity contribution is 4.35. The summed E-state index contributed by atoms with van der Waals surface area (Å²) < 4.78 is 21.8. The lowest BCUT2D eigenvalue weighted by molar-refractivity contribution is 0.281. The van der Waals surface area contributed by atoms with Crippen molar-refractivity contribution < 1.29 is 8.78 Å². The molecule has 2 heteroatoms. The fourth-order valence-electron chi connectivity index (χ4n) is 0. The van der Waals surface area contributed by atoms with Crippen LogP contribution in [0.4, 0.5) is 8.78 Å². The quantitative estimate of drug-likeness (QED) is 0.451. The zero-order chi connectivity index (χ0) is 6.28. The van der Waals surface area contributed by atoms with Crippen LogP contribution in [0.5, 0.6) is 0 Å². The summed E-state index contributed by atoms with van der Waals surface area (Å²) in [6.07, 6.45) is -1.28. The Labute approximate surface area is 42.8 Å². The average molecular weight is 108 g/mol. The topological polar surface area (TPSA) is 0 Å². The van der Waals surface area contributed by atoms with Crippen molar-refractivity contribution in [2.75, 3.05) is 6.67 Å². The number of alkyl halides is 2. The molecule has 1 atom stereocenters. The SMILES string of the molecule is C=C.CC(F)CF. The number of hydrogen-bond acceptors (Lipinski definition) is 0. The van der Waals surface area contributed by atoms with Gasteiger partial charge in [-0.15, -0.1) is 13.2 Å². The highest BCUT2D eigenvalue weighted by Crippen LogP contribution is 1.84. The highest BCUT2D eigenvalue weighted by Gasteiger charge is 1.89. The van der Waals surface area contributed by atoms with Gasteiger partial charge in [-0.3, -0.25) is 0 Å². The lowest BCUT2D eigenvalue weighted by Crippen LogP contribution is -1.91. The highest BCUT2D eigenvalue weighted by atomic mass is 19.2. The largest absolute Gasteiger partial charge is 0.248 e. The van der Waals surface area contributed by atoms with Crippen LogP contribution < -0.4 is 0 Å². The first kappa shape index (κ1) is 9.78.